The van der Waals surface area contributed by atoms with Gasteiger partial charge in [0.25, 0.3) is 0 Å². The Hall–Kier alpha value is -0.830. The Morgan fingerprint density at radius 3 is 2.53 bits per heavy atom. The Bertz CT molecular complexity index is 206. The topological polar surface area (TPSA) is 41.1 Å². The van der Waals surface area contributed by atoms with Crippen molar-refractivity contribution in [2.45, 2.75) is 46.6 Å². The largest absolute Gasteiger partial charge is 0.353 e. The summed E-state index contributed by atoms with van der Waals surface area (Å²) in [6.07, 6.45) is 3.53. The van der Waals surface area contributed by atoms with Crippen LogP contribution in [0.4, 0.5) is 0 Å². The third-order valence-electron chi connectivity index (χ3n) is 1.94. The van der Waals surface area contributed by atoms with Crippen molar-refractivity contribution >= 4 is 5.91 Å². The van der Waals surface area contributed by atoms with Crippen LogP contribution in [0.3, 0.4) is 0 Å². The van der Waals surface area contributed by atoms with Gasteiger partial charge in [-0.15, -0.1) is 0 Å². The summed E-state index contributed by atoms with van der Waals surface area (Å²) in [6.45, 7) is 9.83. The zero-order valence-electron chi connectivity index (χ0n) is 10.4. The molecule has 2 N–H and O–H groups in total. The van der Waals surface area contributed by atoms with Crippen LogP contribution < -0.4 is 10.6 Å². The summed E-state index contributed by atoms with van der Waals surface area (Å²) in [6, 6.07) is 0.499. The van der Waals surface area contributed by atoms with Gasteiger partial charge in [-0.05, 0) is 26.8 Å². The van der Waals surface area contributed by atoms with Crippen molar-refractivity contribution in [3.63, 3.8) is 0 Å². The molecule has 3 heteroatoms. The second-order valence-corrected chi connectivity index (χ2v) is 4.30. The normalized spacial score (nSPS) is 10.2. The van der Waals surface area contributed by atoms with Crippen molar-refractivity contribution in [1.82, 2.24) is 10.6 Å². The maximum absolute atomic E-state index is 11.3. The van der Waals surface area contributed by atoms with E-state index in [0.29, 0.717) is 19.0 Å². The summed E-state index contributed by atoms with van der Waals surface area (Å²) in [4.78, 5) is 11.3. The number of hydrogen-bond acceptors (Lipinski definition) is 2. The quantitative estimate of drug-likeness (QED) is 0.499. The van der Waals surface area contributed by atoms with E-state index in [1.54, 1.807) is 0 Å². The van der Waals surface area contributed by atoms with Crippen LogP contribution in [-0.2, 0) is 4.79 Å². The molecule has 1 amide bonds. The van der Waals surface area contributed by atoms with Crippen molar-refractivity contribution < 1.29 is 4.79 Å². The van der Waals surface area contributed by atoms with E-state index in [0.717, 1.165) is 13.0 Å². The summed E-state index contributed by atoms with van der Waals surface area (Å²) in [5.41, 5.74) is 1.23. The van der Waals surface area contributed by atoms with Gasteiger partial charge in [-0.2, -0.15) is 0 Å². The van der Waals surface area contributed by atoms with Gasteiger partial charge in [0, 0.05) is 19.0 Å². The van der Waals surface area contributed by atoms with Gasteiger partial charge in [0.2, 0.25) is 5.91 Å². The van der Waals surface area contributed by atoms with E-state index in [4.69, 9.17) is 0 Å². The molecule has 0 unspecified atom stereocenters. The highest BCUT2D eigenvalue weighted by Crippen LogP contribution is 1.90. The fourth-order valence-electron chi connectivity index (χ4n) is 1.10. The Morgan fingerprint density at radius 2 is 2.00 bits per heavy atom. The predicted molar refractivity (Wildman–Crippen MR) is 64.8 cm³/mol. The molecule has 0 aromatic carbocycles. The Balaban J connectivity index is 3.38. The highest BCUT2D eigenvalue weighted by molar-refractivity contribution is 5.75. The monoisotopic (exact) mass is 212 g/mol. The van der Waals surface area contributed by atoms with E-state index < -0.39 is 0 Å². The van der Waals surface area contributed by atoms with Gasteiger partial charge in [0.15, 0.2) is 0 Å². The molecule has 0 aliphatic heterocycles. The van der Waals surface area contributed by atoms with Gasteiger partial charge in [0.05, 0.1) is 0 Å². The summed E-state index contributed by atoms with van der Waals surface area (Å²) >= 11 is 0. The van der Waals surface area contributed by atoms with Crippen LogP contribution in [0.5, 0.6) is 0 Å². The molecular formula is C12H24N2O. The molecule has 0 heterocycles. The summed E-state index contributed by atoms with van der Waals surface area (Å²) in [5.74, 6) is 0.137. The maximum atomic E-state index is 11.3. The number of hydrogen-bond donors (Lipinski definition) is 2. The molecule has 0 saturated heterocycles. The van der Waals surface area contributed by atoms with Crippen LogP contribution in [0.1, 0.15) is 40.5 Å². The molecule has 0 aromatic heterocycles. The number of rotatable bonds is 7. The smallest absolute Gasteiger partial charge is 0.220 e. The van der Waals surface area contributed by atoms with Crippen molar-refractivity contribution in [2.24, 2.45) is 0 Å². The molecule has 0 spiro atoms. The van der Waals surface area contributed by atoms with E-state index in [2.05, 4.69) is 24.5 Å². The molecule has 0 rings (SSSR count). The van der Waals surface area contributed by atoms with Crippen LogP contribution in [0.25, 0.3) is 0 Å². The second-order valence-electron chi connectivity index (χ2n) is 4.30. The minimum absolute atomic E-state index is 0.137. The molecule has 3 nitrogen and oxygen atoms in total. The van der Waals surface area contributed by atoms with Gasteiger partial charge in [-0.3, -0.25) is 4.79 Å². The third-order valence-corrected chi connectivity index (χ3v) is 1.94. The first-order chi connectivity index (χ1) is 7.02. The fourth-order valence-corrected chi connectivity index (χ4v) is 1.10. The van der Waals surface area contributed by atoms with Crippen molar-refractivity contribution in [3.8, 4) is 0 Å². The summed E-state index contributed by atoms with van der Waals surface area (Å²) < 4.78 is 0. The first-order valence-corrected chi connectivity index (χ1v) is 5.66. The van der Waals surface area contributed by atoms with E-state index in [-0.39, 0.29) is 5.91 Å². The molecule has 0 bridgehead atoms. The lowest BCUT2D eigenvalue weighted by atomic mass is 10.2. The number of amides is 1. The van der Waals surface area contributed by atoms with Crippen LogP contribution >= 0.6 is 0 Å². The molecule has 0 aromatic rings. The number of carbonyl (C=O) groups is 1. The lowest BCUT2D eigenvalue weighted by Gasteiger charge is -2.07. The van der Waals surface area contributed by atoms with Crippen LogP contribution in [-0.4, -0.2) is 25.0 Å². The third kappa shape index (κ3) is 11.1. The predicted octanol–water partition coefficient (Wildman–Crippen LogP) is 1.85. The average molecular weight is 212 g/mol. The van der Waals surface area contributed by atoms with E-state index in [1.165, 1.54) is 5.57 Å². The molecule has 0 saturated carbocycles. The first kappa shape index (κ1) is 14.2. The average Bonchev–Trinajstić information content (AvgIpc) is 2.11. The van der Waals surface area contributed by atoms with Gasteiger partial charge in [-0.25, -0.2) is 0 Å². The fraction of sp³-hybridized carbons (Fsp3) is 0.750. The van der Waals surface area contributed by atoms with Gasteiger partial charge in [-0.1, -0.05) is 25.5 Å². The number of allylic oxidation sites excluding steroid dienone is 1. The molecule has 15 heavy (non-hydrogen) atoms. The summed E-state index contributed by atoms with van der Waals surface area (Å²) in [5, 5.41) is 6.14. The molecule has 0 fully saturated rings. The Morgan fingerprint density at radius 1 is 1.33 bits per heavy atom. The zero-order chi connectivity index (χ0) is 11.7. The van der Waals surface area contributed by atoms with Gasteiger partial charge < -0.3 is 10.6 Å². The van der Waals surface area contributed by atoms with Gasteiger partial charge in [0.1, 0.15) is 0 Å². The van der Waals surface area contributed by atoms with Gasteiger partial charge >= 0.3 is 0 Å². The highest BCUT2D eigenvalue weighted by Gasteiger charge is 1.99. The zero-order valence-corrected chi connectivity index (χ0v) is 10.4. The minimum Gasteiger partial charge on any atom is -0.353 e. The van der Waals surface area contributed by atoms with Crippen LogP contribution in [0.15, 0.2) is 11.6 Å². The lowest BCUT2D eigenvalue weighted by molar-refractivity contribution is -0.120. The van der Waals surface area contributed by atoms with E-state index in [1.807, 2.05) is 19.9 Å². The number of nitrogens with one attached hydrogen (secondary N) is 2. The second kappa shape index (κ2) is 8.48. The van der Waals surface area contributed by atoms with E-state index >= 15 is 0 Å². The SMILES string of the molecule is CC(C)=CCNC(=O)CCCNC(C)C. The molecule has 0 atom stereocenters. The lowest BCUT2D eigenvalue weighted by Crippen LogP contribution is -2.27. The highest BCUT2D eigenvalue weighted by atomic mass is 16.1. The molecular weight excluding hydrogens is 188 g/mol. The van der Waals surface area contributed by atoms with Crippen LogP contribution in [0.2, 0.25) is 0 Å². The van der Waals surface area contributed by atoms with E-state index in [9.17, 15) is 4.79 Å². The van der Waals surface area contributed by atoms with Crippen molar-refractivity contribution in [3.05, 3.63) is 11.6 Å². The van der Waals surface area contributed by atoms with Crippen molar-refractivity contribution in [1.29, 1.82) is 0 Å². The molecule has 88 valence electrons. The summed E-state index contributed by atoms with van der Waals surface area (Å²) in [7, 11) is 0. The standard InChI is InChI=1S/C12H24N2O/c1-10(2)7-9-14-12(15)6-5-8-13-11(3)4/h7,11,13H,5-6,8-9H2,1-4H3,(H,14,15). The molecule has 0 radical (unpaired) electrons. The Labute approximate surface area is 93.3 Å². The Kier molecular flexibility index (Phi) is 8.01. The van der Waals surface area contributed by atoms with Crippen LogP contribution in [0, 0.1) is 0 Å². The number of carbonyl (C=O) groups excluding carboxylic acids is 1. The first-order valence-electron chi connectivity index (χ1n) is 5.66. The molecule has 0 aliphatic carbocycles. The maximum Gasteiger partial charge on any atom is 0.220 e. The minimum atomic E-state index is 0.137. The molecule has 0 aliphatic rings. The van der Waals surface area contributed by atoms with Crippen molar-refractivity contribution in [2.75, 3.05) is 13.1 Å².